The Morgan fingerprint density at radius 2 is 1.84 bits per heavy atom. The largest absolute Gasteiger partial charge is 0.490 e. The second-order valence-electron chi connectivity index (χ2n) is 7.64. The third-order valence-corrected chi connectivity index (χ3v) is 5.46. The molecule has 1 fully saturated rings. The van der Waals surface area contributed by atoms with Gasteiger partial charge in [0, 0.05) is 6.54 Å². The molecular formula is C25H30N2O3S. The molecule has 1 saturated heterocycles. The van der Waals surface area contributed by atoms with E-state index in [1.807, 2.05) is 61.5 Å². The van der Waals surface area contributed by atoms with Gasteiger partial charge < -0.3 is 9.47 Å². The molecule has 3 rings (SSSR count). The van der Waals surface area contributed by atoms with E-state index in [0.29, 0.717) is 41.5 Å². The molecule has 1 aliphatic rings. The standard InChI is InChI=1S/C25H30N2O3S/c1-5-14-27-24(28)23(31-25(27)26-20-10-8-7-9-11-20)16-19-12-13-21(30-17-18(3)4)22(15-19)29-6-2/h7-13,15-16,18H,5-6,14,17H2,1-4H3/b23-16+,26-25?. The number of amides is 1. The zero-order chi connectivity index (χ0) is 22.2. The second kappa shape index (κ2) is 11.0. The number of ether oxygens (including phenoxy) is 2. The molecule has 0 saturated carbocycles. The number of hydrogen-bond acceptors (Lipinski definition) is 5. The van der Waals surface area contributed by atoms with Crippen LogP contribution in [-0.2, 0) is 4.79 Å². The summed E-state index contributed by atoms with van der Waals surface area (Å²) in [6.45, 7) is 10.0. The van der Waals surface area contributed by atoms with Crippen LogP contribution in [0.1, 0.15) is 39.7 Å². The molecule has 0 N–H and O–H groups in total. The van der Waals surface area contributed by atoms with E-state index in [0.717, 1.165) is 23.4 Å². The lowest BCUT2D eigenvalue weighted by molar-refractivity contribution is -0.122. The molecule has 0 atom stereocenters. The second-order valence-corrected chi connectivity index (χ2v) is 8.65. The van der Waals surface area contributed by atoms with Gasteiger partial charge in [0.1, 0.15) is 0 Å². The highest BCUT2D eigenvalue weighted by atomic mass is 32.2. The minimum atomic E-state index is -0.0142. The van der Waals surface area contributed by atoms with Gasteiger partial charge in [0.15, 0.2) is 16.7 Å². The van der Waals surface area contributed by atoms with E-state index in [-0.39, 0.29) is 5.91 Å². The van der Waals surface area contributed by atoms with E-state index in [4.69, 9.17) is 14.5 Å². The first-order valence-electron chi connectivity index (χ1n) is 10.8. The van der Waals surface area contributed by atoms with Crippen molar-refractivity contribution in [1.29, 1.82) is 0 Å². The maximum absolute atomic E-state index is 13.1. The number of thioether (sulfide) groups is 1. The third-order valence-electron chi connectivity index (χ3n) is 4.45. The van der Waals surface area contributed by atoms with Crippen LogP contribution in [0.5, 0.6) is 11.5 Å². The fourth-order valence-corrected chi connectivity index (χ4v) is 4.06. The quantitative estimate of drug-likeness (QED) is 0.442. The Morgan fingerprint density at radius 1 is 1.06 bits per heavy atom. The van der Waals surface area contributed by atoms with E-state index < -0.39 is 0 Å². The van der Waals surface area contributed by atoms with Crippen LogP contribution in [-0.4, -0.2) is 35.7 Å². The number of hydrogen-bond donors (Lipinski definition) is 0. The Bertz CT molecular complexity index is 954. The Labute approximate surface area is 189 Å². The molecule has 0 bridgehead atoms. The molecule has 5 nitrogen and oxygen atoms in total. The first kappa shape index (κ1) is 22.9. The van der Waals surface area contributed by atoms with Gasteiger partial charge in [-0.2, -0.15) is 0 Å². The van der Waals surface area contributed by atoms with Crippen molar-refractivity contribution in [2.45, 2.75) is 34.1 Å². The van der Waals surface area contributed by atoms with Gasteiger partial charge in [-0.25, -0.2) is 4.99 Å². The zero-order valence-corrected chi connectivity index (χ0v) is 19.4. The first-order valence-corrected chi connectivity index (χ1v) is 11.6. The molecule has 31 heavy (non-hydrogen) atoms. The predicted octanol–water partition coefficient (Wildman–Crippen LogP) is 6.13. The molecule has 164 valence electrons. The van der Waals surface area contributed by atoms with Crippen LogP contribution in [0.25, 0.3) is 6.08 Å². The Morgan fingerprint density at radius 3 is 2.52 bits per heavy atom. The lowest BCUT2D eigenvalue weighted by atomic mass is 10.1. The number of benzene rings is 2. The summed E-state index contributed by atoms with van der Waals surface area (Å²) in [5.41, 5.74) is 1.74. The van der Waals surface area contributed by atoms with Gasteiger partial charge in [-0.15, -0.1) is 0 Å². The topological polar surface area (TPSA) is 51.1 Å². The molecule has 2 aromatic carbocycles. The number of carbonyl (C=O) groups excluding carboxylic acids is 1. The molecule has 0 spiro atoms. The molecule has 0 aromatic heterocycles. The Balaban J connectivity index is 1.88. The van der Waals surface area contributed by atoms with Crippen molar-refractivity contribution >= 4 is 34.6 Å². The molecule has 1 amide bonds. The monoisotopic (exact) mass is 438 g/mol. The molecule has 1 aliphatic heterocycles. The summed E-state index contributed by atoms with van der Waals surface area (Å²) in [5.74, 6) is 1.83. The highest BCUT2D eigenvalue weighted by Crippen LogP contribution is 2.36. The maximum atomic E-state index is 13.1. The summed E-state index contributed by atoms with van der Waals surface area (Å²) >= 11 is 1.41. The van der Waals surface area contributed by atoms with Gasteiger partial charge in [-0.05, 0) is 66.9 Å². The summed E-state index contributed by atoms with van der Waals surface area (Å²) in [6.07, 6.45) is 2.77. The number of amidine groups is 1. The molecule has 0 unspecified atom stereocenters. The van der Waals surface area contributed by atoms with Gasteiger partial charge in [-0.3, -0.25) is 9.69 Å². The maximum Gasteiger partial charge on any atom is 0.266 e. The molecule has 1 heterocycles. The van der Waals surface area contributed by atoms with Crippen LogP contribution in [0.15, 0.2) is 58.4 Å². The lowest BCUT2D eigenvalue weighted by Gasteiger charge is -2.14. The van der Waals surface area contributed by atoms with Crippen LogP contribution in [0.2, 0.25) is 0 Å². The summed E-state index contributed by atoms with van der Waals surface area (Å²) in [7, 11) is 0. The fraction of sp³-hybridized carbons (Fsp3) is 0.360. The van der Waals surface area contributed by atoms with Gasteiger partial charge >= 0.3 is 0 Å². The predicted molar refractivity (Wildman–Crippen MR) is 129 cm³/mol. The van der Waals surface area contributed by atoms with Gasteiger partial charge in [0.05, 0.1) is 23.8 Å². The number of aliphatic imine (C=N–C) groups is 1. The van der Waals surface area contributed by atoms with Crippen molar-refractivity contribution in [3.63, 3.8) is 0 Å². The molecule has 6 heteroatoms. The van der Waals surface area contributed by atoms with Crippen molar-refractivity contribution in [3.8, 4) is 11.5 Å². The number of rotatable bonds is 9. The molecule has 0 radical (unpaired) electrons. The minimum absolute atomic E-state index is 0.0142. The van der Waals surface area contributed by atoms with Crippen LogP contribution < -0.4 is 9.47 Å². The molecule has 0 aliphatic carbocycles. The fourth-order valence-electron chi connectivity index (χ4n) is 3.03. The number of carbonyl (C=O) groups is 1. The number of para-hydroxylation sites is 1. The lowest BCUT2D eigenvalue weighted by Crippen LogP contribution is -2.29. The normalized spacial score (nSPS) is 16.5. The van der Waals surface area contributed by atoms with E-state index >= 15 is 0 Å². The summed E-state index contributed by atoms with van der Waals surface area (Å²) in [4.78, 5) is 20.2. The van der Waals surface area contributed by atoms with Gasteiger partial charge in [0.25, 0.3) is 5.91 Å². The van der Waals surface area contributed by atoms with E-state index in [1.165, 1.54) is 11.8 Å². The molecule has 2 aromatic rings. The SMILES string of the molecule is CCCN1C(=O)/C(=C\c2ccc(OCC(C)C)c(OCC)c2)SC1=Nc1ccccc1. The van der Waals surface area contributed by atoms with Crippen molar-refractivity contribution in [2.24, 2.45) is 10.9 Å². The minimum Gasteiger partial charge on any atom is -0.490 e. The van der Waals surface area contributed by atoms with Crippen LogP contribution >= 0.6 is 11.8 Å². The van der Waals surface area contributed by atoms with Crippen molar-refractivity contribution in [2.75, 3.05) is 19.8 Å². The van der Waals surface area contributed by atoms with E-state index in [1.54, 1.807) is 4.90 Å². The van der Waals surface area contributed by atoms with Crippen LogP contribution in [0, 0.1) is 5.92 Å². The summed E-state index contributed by atoms with van der Waals surface area (Å²) in [6, 6.07) is 15.5. The van der Waals surface area contributed by atoms with E-state index in [9.17, 15) is 4.79 Å². The Hall–Kier alpha value is -2.73. The average molecular weight is 439 g/mol. The van der Waals surface area contributed by atoms with Crippen LogP contribution in [0.3, 0.4) is 0 Å². The Kier molecular flexibility index (Phi) is 8.18. The summed E-state index contributed by atoms with van der Waals surface area (Å²) < 4.78 is 11.7. The van der Waals surface area contributed by atoms with Crippen molar-refractivity contribution < 1.29 is 14.3 Å². The molecular weight excluding hydrogens is 408 g/mol. The third kappa shape index (κ3) is 6.14. The highest BCUT2D eigenvalue weighted by Gasteiger charge is 2.32. The first-order chi connectivity index (χ1) is 15.0. The smallest absolute Gasteiger partial charge is 0.266 e. The van der Waals surface area contributed by atoms with Crippen LogP contribution in [0.4, 0.5) is 5.69 Å². The zero-order valence-electron chi connectivity index (χ0n) is 18.6. The summed E-state index contributed by atoms with van der Waals surface area (Å²) in [5, 5.41) is 0.714. The highest BCUT2D eigenvalue weighted by molar-refractivity contribution is 8.18. The van der Waals surface area contributed by atoms with Gasteiger partial charge in [0.2, 0.25) is 0 Å². The average Bonchev–Trinajstić information content (AvgIpc) is 3.03. The number of nitrogens with zero attached hydrogens (tertiary/aromatic N) is 2. The van der Waals surface area contributed by atoms with E-state index in [2.05, 4.69) is 20.8 Å². The van der Waals surface area contributed by atoms with Crippen molar-refractivity contribution in [3.05, 3.63) is 59.0 Å². The van der Waals surface area contributed by atoms with Crippen molar-refractivity contribution in [1.82, 2.24) is 4.90 Å². The van der Waals surface area contributed by atoms with Gasteiger partial charge in [-0.1, -0.05) is 45.0 Å².